The lowest BCUT2D eigenvalue weighted by molar-refractivity contribution is -0.123. The molecule has 0 unspecified atom stereocenters. The van der Waals surface area contributed by atoms with Gasteiger partial charge in [-0.15, -0.1) is 0 Å². The summed E-state index contributed by atoms with van der Waals surface area (Å²) in [6, 6.07) is 9.01. The lowest BCUT2D eigenvalue weighted by Crippen LogP contribution is -2.43. The molecule has 0 spiro atoms. The average molecular weight is 503 g/mol. The first-order valence-corrected chi connectivity index (χ1v) is 12.8. The van der Waals surface area contributed by atoms with E-state index in [0.717, 1.165) is 6.07 Å². The van der Waals surface area contributed by atoms with Crippen LogP contribution in [0.15, 0.2) is 30.3 Å². The zero-order valence-electron chi connectivity index (χ0n) is 19.7. The van der Waals surface area contributed by atoms with E-state index >= 15 is 0 Å². The fraction of sp³-hybridized carbons (Fsp3) is 0.417. The molecule has 11 heteroatoms. The van der Waals surface area contributed by atoms with Gasteiger partial charge in [0.05, 0.1) is 28.7 Å². The van der Waals surface area contributed by atoms with Crippen molar-refractivity contribution < 1.29 is 27.1 Å². The quantitative estimate of drug-likeness (QED) is 0.572. The van der Waals surface area contributed by atoms with Crippen LogP contribution >= 0.6 is 0 Å². The maximum Gasteiger partial charge on any atom is 0.340 e. The number of aryl methyl sites for hydroxylation is 1. The number of piperidine rings is 1. The number of hydrogen-bond donors (Lipinski definition) is 1. The first-order valence-electron chi connectivity index (χ1n) is 11.2. The lowest BCUT2D eigenvalue weighted by atomic mass is 9.96. The van der Waals surface area contributed by atoms with Crippen molar-refractivity contribution in [3.05, 3.63) is 58.5 Å². The normalized spacial score (nSPS) is 14.5. The number of nitrogens with one attached hydrogen (secondary N) is 1. The molecule has 1 amide bonds. The second-order valence-corrected chi connectivity index (χ2v) is 10.4. The molecule has 1 aromatic carbocycles. The number of hydrogen-bond acceptors (Lipinski definition) is 8. The van der Waals surface area contributed by atoms with Crippen molar-refractivity contribution in [1.29, 1.82) is 5.26 Å². The summed E-state index contributed by atoms with van der Waals surface area (Å²) in [5.41, 5.74) is 0.826. The number of carbonyl (C=O) groups excluding carboxylic acids is 2. The SMILES string of the molecule is Cc1nc(N2CCC(C(=O)NS(=O)(=O)Cc3ccccc3F)CC2)c(C#N)cc1C(=O)OC(C)C. The highest BCUT2D eigenvalue weighted by atomic mass is 32.2. The average Bonchev–Trinajstić information content (AvgIpc) is 2.79. The summed E-state index contributed by atoms with van der Waals surface area (Å²) in [6.45, 7) is 5.84. The molecular weight excluding hydrogens is 475 g/mol. The minimum atomic E-state index is -4.06. The van der Waals surface area contributed by atoms with E-state index in [1.807, 2.05) is 4.90 Å². The number of carbonyl (C=O) groups is 2. The third-order valence-electron chi connectivity index (χ3n) is 5.60. The van der Waals surface area contributed by atoms with Gasteiger partial charge in [0, 0.05) is 24.6 Å². The van der Waals surface area contributed by atoms with Crippen molar-refractivity contribution in [3.8, 4) is 6.07 Å². The van der Waals surface area contributed by atoms with E-state index in [9.17, 15) is 27.7 Å². The number of anilines is 1. The Morgan fingerprint density at radius 3 is 2.54 bits per heavy atom. The molecule has 35 heavy (non-hydrogen) atoms. The third-order valence-corrected chi connectivity index (χ3v) is 6.80. The zero-order chi connectivity index (χ0) is 25.8. The summed E-state index contributed by atoms with van der Waals surface area (Å²) in [5, 5.41) is 9.61. The van der Waals surface area contributed by atoms with Gasteiger partial charge in [-0.2, -0.15) is 5.26 Å². The maximum absolute atomic E-state index is 13.8. The molecule has 3 rings (SSSR count). The van der Waals surface area contributed by atoms with Crippen LogP contribution in [0, 0.1) is 30.0 Å². The van der Waals surface area contributed by atoms with Crippen LogP contribution in [0.4, 0.5) is 10.2 Å². The number of aromatic nitrogens is 1. The van der Waals surface area contributed by atoms with Crippen LogP contribution in [0.25, 0.3) is 0 Å². The molecule has 2 aromatic rings. The molecule has 1 aromatic heterocycles. The van der Waals surface area contributed by atoms with Gasteiger partial charge in [-0.25, -0.2) is 22.6 Å². The highest BCUT2D eigenvalue weighted by molar-refractivity contribution is 7.89. The molecule has 1 fully saturated rings. The van der Waals surface area contributed by atoms with Crippen LogP contribution < -0.4 is 9.62 Å². The van der Waals surface area contributed by atoms with Crippen molar-refractivity contribution in [1.82, 2.24) is 9.71 Å². The summed E-state index contributed by atoms with van der Waals surface area (Å²) in [4.78, 5) is 31.2. The summed E-state index contributed by atoms with van der Waals surface area (Å²) in [6.07, 6.45) is 0.362. The largest absolute Gasteiger partial charge is 0.459 e. The number of ether oxygens (including phenoxy) is 1. The lowest BCUT2D eigenvalue weighted by Gasteiger charge is -2.32. The molecule has 0 atom stereocenters. The van der Waals surface area contributed by atoms with Gasteiger partial charge >= 0.3 is 5.97 Å². The summed E-state index contributed by atoms with van der Waals surface area (Å²) >= 11 is 0. The molecule has 0 aliphatic carbocycles. The monoisotopic (exact) mass is 502 g/mol. The van der Waals surface area contributed by atoms with Crippen molar-refractivity contribution in [2.24, 2.45) is 5.92 Å². The molecule has 0 saturated carbocycles. The number of nitrogens with zero attached hydrogens (tertiary/aromatic N) is 3. The number of sulfonamides is 1. The summed E-state index contributed by atoms with van der Waals surface area (Å²) in [5.74, 6) is -2.65. The number of pyridine rings is 1. The zero-order valence-corrected chi connectivity index (χ0v) is 20.6. The predicted molar refractivity (Wildman–Crippen MR) is 126 cm³/mol. The molecule has 0 bridgehead atoms. The predicted octanol–water partition coefficient (Wildman–Crippen LogP) is 2.83. The molecule has 0 radical (unpaired) electrons. The Morgan fingerprint density at radius 2 is 1.94 bits per heavy atom. The van der Waals surface area contributed by atoms with Crippen LogP contribution in [0.1, 0.15) is 53.9 Å². The Balaban J connectivity index is 1.65. The Bertz CT molecular complexity index is 1270. The van der Waals surface area contributed by atoms with Gasteiger partial charge in [-0.05, 0) is 45.7 Å². The van der Waals surface area contributed by atoms with Gasteiger partial charge in [0.2, 0.25) is 15.9 Å². The fourth-order valence-electron chi connectivity index (χ4n) is 3.85. The van der Waals surface area contributed by atoms with Crippen molar-refractivity contribution in [2.75, 3.05) is 18.0 Å². The van der Waals surface area contributed by atoms with Gasteiger partial charge in [0.25, 0.3) is 0 Å². The number of nitriles is 1. The molecule has 1 saturated heterocycles. The molecule has 186 valence electrons. The van der Waals surface area contributed by atoms with Crippen LogP contribution in [0.3, 0.4) is 0 Å². The van der Waals surface area contributed by atoms with E-state index in [-0.39, 0.29) is 22.8 Å². The third kappa shape index (κ3) is 6.54. The van der Waals surface area contributed by atoms with E-state index in [1.165, 1.54) is 24.3 Å². The van der Waals surface area contributed by atoms with E-state index in [0.29, 0.717) is 37.4 Å². The van der Waals surface area contributed by atoms with Crippen LogP contribution in [-0.2, 0) is 25.3 Å². The topological polar surface area (TPSA) is 129 Å². The minimum Gasteiger partial charge on any atom is -0.459 e. The van der Waals surface area contributed by atoms with Crippen molar-refractivity contribution in [2.45, 2.75) is 45.5 Å². The minimum absolute atomic E-state index is 0.0196. The summed E-state index contributed by atoms with van der Waals surface area (Å²) < 4.78 is 45.8. The van der Waals surface area contributed by atoms with Crippen molar-refractivity contribution >= 4 is 27.7 Å². The standard InChI is InChI=1S/C24H27FN4O5S/c1-15(2)34-24(31)20-12-19(13-26)22(27-16(20)3)29-10-8-17(9-11-29)23(30)28-35(32,33)14-18-6-4-5-7-21(18)25/h4-7,12,15,17H,8-11,14H2,1-3H3,(H,28,30). The van der Waals surface area contributed by atoms with Gasteiger partial charge in [-0.1, -0.05) is 18.2 Å². The summed E-state index contributed by atoms with van der Waals surface area (Å²) in [7, 11) is -4.06. The van der Waals surface area contributed by atoms with E-state index < -0.39 is 39.4 Å². The molecule has 2 heterocycles. The number of esters is 1. The number of benzene rings is 1. The first kappa shape index (κ1) is 26.1. The molecule has 1 aliphatic heterocycles. The number of rotatable bonds is 7. The van der Waals surface area contributed by atoms with Gasteiger partial charge in [0.15, 0.2) is 0 Å². The second-order valence-electron chi connectivity index (χ2n) is 8.64. The van der Waals surface area contributed by atoms with E-state index in [2.05, 4.69) is 15.8 Å². The Labute approximate surface area is 204 Å². The van der Waals surface area contributed by atoms with E-state index in [1.54, 1.807) is 20.8 Å². The van der Waals surface area contributed by atoms with Gasteiger partial charge in [0.1, 0.15) is 17.7 Å². The smallest absolute Gasteiger partial charge is 0.340 e. The fourth-order valence-corrected chi connectivity index (χ4v) is 5.04. The second kappa shape index (κ2) is 10.8. The molecule has 9 nitrogen and oxygen atoms in total. The Kier molecular flexibility index (Phi) is 8.07. The molecule has 1 N–H and O–H groups in total. The Hall–Kier alpha value is -3.52. The van der Waals surface area contributed by atoms with Crippen LogP contribution in [-0.4, -0.2) is 44.5 Å². The van der Waals surface area contributed by atoms with E-state index in [4.69, 9.17) is 4.74 Å². The van der Waals surface area contributed by atoms with Crippen molar-refractivity contribution in [3.63, 3.8) is 0 Å². The maximum atomic E-state index is 13.8. The van der Waals surface area contributed by atoms with Crippen LogP contribution in [0.2, 0.25) is 0 Å². The number of amides is 1. The highest BCUT2D eigenvalue weighted by Crippen LogP contribution is 2.27. The molecular formula is C24H27FN4O5S. The van der Waals surface area contributed by atoms with Gasteiger partial charge in [-0.3, -0.25) is 9.52 Å². The number of halogens is 1. The van der Waals surface area contributed by atoms with Gasteiger partial charge < -0.3 is 9.64 Å². The Morgan fingerprint density at radius 1 is 1.29 bits per heavy atom. The highest BCUT2D eigenvalue weighted by Gasteiger charge is 2.30. The first-order chi connectivity index (χ1) is 16.5. The van der Waals surface area contributed by atoms with Crippen LogP contribution in [0.5, 0.6) is 0 Å². The molecule has 1 aliphatic rings.